The summed E-state index contributed by atoms with van der Waals surface area (Å²) >= 11 is 0. The minimum atomic E-state index is -3.95. The molecule has 0 fully saturated rings. The summed E-state index contributed by atoms with van der Waals surface area (Å²) in [6.07, 6.45) is 0. The molecule has 17 heavy (non-hydrogen) atoms. The minimum Gasteiger partial charge on any atom is -0.412 e. The van der Waals surface area contributed by atoms with Crippen LogP contribution in [-0.4, -0.2) is 48.0 Å². The fourth-order valence-corrected chi connectivity index (χ4v) is 2.84. The number of hydrogen-bond acceptors (Lipinski definition) is 4. The topological polar surface area (TPSA) is 56.2 Å². The summed E-state index contributed by atoms with van der Waals surface area (Å²) in [5.74, 6) is 0.354. The zero-order chi connectivity index (χ0) is 13.1. The van der Waals surface area contributed by atoms with Gasteiger partial charge in [-0.25, -0.2) is 14.6 Å². The van der Waals surface area contributed by atoms with Gasteiger partial charge in [0, 0.05) is 28.2 Å². The van der Waals surface area contributed by atoms with Crippen molar-refractivity contribution >= 4 is 7.75 Å². The van der Waals surface area contributed by atoms with Crippen LogP contribution in [0.4, 0.5) is 0 Å². The molecule has 6 nitrogen and oxygen atoms in total. The molecule has 1 aromatic rings. The van der Waals surface area contributed by atoms with Crippen LogP contribution in [0.1, 0.15) is 0 Å². The number of benzene rings is 1. The molecule has 96 valence electrons. The van der Waals surface area contributed by atoms with E-state index in [4.69, 9.17) is 4.52 Å². The molecule has 0 amide bonds. The van der Waals surface area contributed by atoms with Crippen molar-refractivity contribution in [2.45, 2.75) is 0 Å². The Kier molecular flexibility index (Phi) is 4.68. The van der Waals surface area contributed by atoms with Crippen molar-refractivity contribution in [2.24, 2.45) is 0 Å². The predicted octanol–water partition coefficient (Wildman–Crippen LogP) is 1.42. The van der Waals surface area contributed by atoms with E-state index in [0.29, 0.717) is 5.75 Å². The van der Waals surface area contributed by atoms with Crippen LogP contribution >= 0.6 is 7.75 Å². The molecule has 1 aromatic carbocycles. The summed E-state index contributed by atoms with van der Waals surface area (Å²) in [5.41, 5.74) is 0. The van der Waals surface area contributed by atoms with Crippen molar-refractivity contribution in [3.05, 3.63) is 30.3 Å². The van der Waals surface area contributed by atoms with E-state index in [9.17, 15) is 9.46 Å². The molecular weight excluding hydrogens is 241 g/mol. The van der Waals surface area contributed by atoms with Gasteiger partial charge in [0.2, 0.25) is 0 Å². The van der Waals surface area contributed by atoms with E-state index >= 15 is 0 Å². The molecule has 1 rings (SSSR count). The smallest absolute Gasteiger partial charge is 0.412 e. The van der Waals surface area contributed by atoms with Gasteiger partial charge in [-0.2, -0.15) is 0 Å². The van der Waals surface area contributed by atoms with Gasteiger partial charge in [-0.05, 0) is 12.1 Å². The van der Waals surface area contributed by atoms with E-state index in [2.05, 4.69) is 0 Å². The van der Waals surface area contributed by atoms with Crippen LogP contribution < -0.4 is 4.52 Å². The lowest BCUT2D eigenvalue weighted by atomic mass is 10.3. The van der Waals surface area contributed by atoms with Gasteiger partial charge in [-0.15, -0.1) is 0 Å². The van der Waals surface area contributed by atoms with E-state index in [0.717, 1.165) is 4.89 Å². The van der Waals surface area contributed by atoms with Gasteiger partial charge in [-0.3, -0.25) is 0 Å². The summed E-state index contributed by atoms with van der Waals surface area (Å²) in [6, 6.07) is 8.56. The highest BCUT2D eigenvalue weighted by atomic mass is 31.2. The molecule has 0 saturated heterocycles. The molecule has 0 aliphatic rings. The van der Waals surface area contributed by atoms with E-state index < -0.39 is 7.75 Å². The van der Waals surface area contributed by atoms with Crippen molar-refractivity contribution in [1.82, 2.24) is 14.9 Å². The maximum Gasteiger partial charge on any atom is 0.486 e. The van der Waals surface area contributed by atoms with Gasteiger partial charge in [0.05, 0.1) is 0 Å². The summed E-state index contributed by atoms with van der Waals surface area (Å²) < 4.78 is 17.3. The second-order valence-electron chi connectivity index (χ2n) is 3.86. The number of hydrazine groups is 2. The van der Waals surface area contributed by atoms with Gasteiger partial charge in [0.25, 0.3) is 0 Å². The third kappa shape index (κ3) is 3.80. The second-order valence-corrected chi connectivity index (χ2v) is 5.38. The van der Waals surface area contributed by atoms with Gasteiger partial charge < -0.3 is 9.42 Å². The highest BCUT2D eigenvalue weighted by Crippen LogP contribution is 2.47. The Morgan fingerprint density at radius 1 is 1.06 bits per heavy atom. The monoisotopic (exact) mass is 259 g/mol. The summed E-state index contributed by atoms with van der Waals surface area (Å²) in [6.45, 7) is 0. The Morgan fingerprint density at radius 3 is 1.94 bits per heavy atom. The summed E-state index contributed by atoms with van der Waals surface area (Å²) in [7, 11) is 2.70. The van der Waals surface area contributed by atoms with Crippen LogP contribution in [0.5, 0.6) is 5.75 Å². The van der Waals surface area contributed by atoms with Crippen molar-refractivity contribution in [3.8, 4) is 5.75 Å². The first kappa shape index (κ1) is 14.2. The summed E-state index contributed by atoms with van der Waals surface area (Å²) in [4.78, 5) is 11.1. The van der Waals surface area contributed by atoms with E-state index in [1.807, 2.05) is 6.07 Å². The molecule has 0 spiro atoms. The first-order valence-electron chi connectivity index (χ1n) is 5.07. The fraction of sp³-hybridized carbons (Fsp3) is 0.400. The molecule has 1 unspecified atom stereocenters. The number of para-hydroxylation sites is 1. The van der Waals surface area contributed by atoms with Gasteiger partial charge in [0.1, 0.15) is 5.75 Å². The molecule has 0 aromatic heterocycles. The third-order valence-electron chi connectivity index (χ3n) is 1.91. The second kappa shape index (κ2) is 5.62. The summed E-state index contributed by atoms with van der Waals surface area (Å²) in [5, 5.41) is 2.98. The molecule has 0 aliphatic heterocycles. The maximum atomic E-state index is 12.1. The maximum absolute atomic E-state index is 12.1. The van der Waals surface area contributed by atoms with Crippen molar-refractivity contribution < 1.29 is 14.0 Å². The molecular formula is C10H18N3O3P. The molecule has 0 radical (unpaired) electrons. The average Bonchev–Trinajstić information content (AvgIpc) is 2.15. The lowest BCUT2D eigenvalue weighted by Gasteiger charge is -2.35. The minimum absolute atomic E-state index is 0.354. The Morgan fingerprint density at radius 2 is 1.53 bits per heavy atom. The fourth-order valence-electron chi connectivity index (χ4n) is 1.47. The van der Waals surface area contributed by atoms with Crippen LogP contribution in [0.2, 0.25) is 0 Å². The van der Waals surface area contributed by atoms with Crippen LogP contribution in [0.25, 0.3) is 0 Å². The highest BCUT2D eigenvalue weighted by Gasteiger charge is 2.35. The third-order valence-corrected chi connectivity index (χ3v) is 3.53. The van der Waals surface area contributed by atoms with Gasteiger partial charge in [0.15, 0.2) is 0 Å². The Bertz CT molecular complexity index is 389. The largest absolute Gasteiger partial charge is 0.486 e. The lowest BCUT2D eigenvalue weighted by Crippen LogP contribution is -2.44. The normalized spacial score (nSPS) is 15.3. The van der Waals surface area contributed by atoms with Crippen LogP contribution in [-0.2, 0) is 4.57 Å². The quantitative estimate of drug-likeness (QED) is 0.637. The Labute approximate surface area is 102 Å². The SMILES string of the molecule is CN(C)N(N(C)C)P(=O)(O)Oc1ccccc1. The van der Waals surface area contributed by atoms with Crippen LogP contribution in [0.15, 0.2) is 30.3 Å². The van der Waals surface area contributed by atoms with E-state index in [1.165, 1.54) is 10.0 Å². The molecule has 0 saturated carbocycles. The van der Waals surface area contributed by atoms with E-state index in [1.54, 1.807) is 52.5 Å². The van der Waals surface area contributed by atoms with Crippen LogP contribution in [0, 0.1) is 0 Å². The van der Waals surface area contributed by atoms with Crippen molar-refractivity contribution in [1.29, 1.82) is 0 Å². The van der Waals surface area contributed by atoms with Gasteiger partial charge in [-0.1, -0.05) is 23.1 Å². The average molecular weight is 259 g/mol. The first-order valence-corrected chi connectivity index (χ1v) is 6.60. The number of rotatable bonds is 5. The number of hydrogen-bond donors (Lipinski definition) is 1. The molecule has 0 bridgehead atoms. The van der Waals surface area contributed by atoms with Crippen LogP contribution in [0.3, 0.4) is 0 Å². The Balaban J connectivity index is 2.90. The molecule has 7 heteroatoms. The van der Waals surface area contributed by atoms with Crippen molar-refractivity contribution in [2.75, 3.05) is 28.2 Å². The number of nitrogens with zero attached hydrogens (tertiary/aromatic N) is 3. The molecule has 0 aliphatic carbocycles. The van der Waals surface area contributed by atoms with E-state index in [-0.39, 0.29) is 0 Å². The Hall–Kier alpha value is -0.910. The lowest BCUT2D eigenvalue weighted by molar-refractivity contribution is -0.0674. The highest BCUT2D eigenvalue weighted by molar-refractivity contribution is 7.50. The van der Waals surface area contributed by atoms with Gasteiger partial charge >= 0.3 is 7.75 Å². The zero-order valence-corrected chi connectivity index (χ0v) is 11.3. The molecule has 0 heterocycles. The van der Waals surface area contributed by atoms with Crippen molar-refractivity contribution in [3.63, 3.8) is 0 Å². The molecule has 1 atom stereocenters. The zero-order valence-electron chi connectivity index (χ0n) is 10.4. The molecule has 1 N–H and O–H groups in total. The standard InChI is InChI=1S/C10H18N3O3P/c1-11(2)13(12(3)4)17(14,15)16-10-8-6-5-7-9-10/h5-9H,1-4H3,(H,14,15). The predicted molar refractivity (Wildman–Crippen MR) is 66.1 cm³/mol. The first-order chi connectivity index (χ1) is 7.84.